The maximum atomic E-state index is 8.65. The Balaban J connectivity index is 2.69. The van der Waals surface area contributed by atoms with Gasteiger partial charge in [0, 0.05) is 7.05 Å². The van der Waals surface area contributed by atoms with Gasteiger partial charge in [-0.3, -0.25) is 0 Å². The zero-order valence-corrected chi connectivity index (χ0v) is 9.70. The van der Waals surface area contributed by atoms with E-state index >= 15 is 0 Å². The molecule has 1 atom stereocenters. The highest BCUT2D eigenvalue weighted by Crippen LogP contribution is 2.18. The molecule has 1 unspecified atom stereocenters. The first-order valence-electron chi connectivity index (χ1n) is 5.37. The quantitative estimate of drug-likeness (QED) is 0.554. The third-order valence-corrected chi connectivity index (χ3v) is 2.75. The SMILES string of the molecule is CCC(C)c1ccc(CN(C)C#N)cc1. The second-order valence-electron chi connectivity index (χ2n) is 4.01. The van der Waals surface area contributed by atoms with E-state index in [0.29, 0.717) is 12.5 Å². The topological polar surface area (TPSA) is 27.0 Å². The summed E-state index contributed by atoms with van der Waals surface area (Å²) in [6.45, 7) is 5.12. The second-order valence-corrected chi connectivity index (χ2v) is 4.01. The summed E-state index contributed by atoms with van der Waals surface area (Å²) in [4.78, 5) is 1.62. The van der Waals surface area contributed by atoms with Crippen LogP contribution in [0.2, 0.25) is 0 Å². The smallest absolute Gasteiger partial charge is 0.179 e. The zero-order valence-electron chi connectivity index (χ0n) is 9.70. The van der Waals surface area contributed by atoms with Crippen LogP contribution in [0.25, 0.3) is 0 Å². The average molecular weight is 202 g/mol. The summed E-state index contributed by atoms with van der Waals surface area (Å²) >= 11 is 0. The molecular formula is C13H18N2. The fraction of sp³-hybridized carbons (Fsp3) is 0.462. The van der Waals surface area contributed by atoms with Gasteiger partial charge in [0.25, 0.3) is 0 Å². The van der Waals surface area contributed by atoms with E-state index in [1.165, 1.54) is 11.1 Å². The Hall–Kier alpha value is -1.49. The van der Waals surface area contributed by atoms with E-state index in [0.717, 1.165) is 6.42 Å². The zero-order chi connectivity index (χ0) is 11.3. The van der Waals surface area contributed by atoms with Crippen LogP contribution >= 0.6 is 0 Å². The van der Waals surface area contributed by atoms with Crippen molar-refractivity contribution in [3.63, 3.8) is 0 Å². The molecule has 2 heteroatoms. The molecular weight excluding hydrogens is 184 g/mol. The summed E-state index contributed by atoms with van der Waals surface area (Å²) in [5, 5.41) is 8.65. The van der Waals surface area contributed by atoms with E-state index in [9.17, 15) is 0 Å². The number of benzene rings is 1. The third-order valence-electron chi connectivity index (χ3n) is 2.75. The van der Waals surface area contributed by atoms with Gasteiger partial charge in [-0.15, -0.1) is 0 Å². The molecule has 15 heavy (non-hydrogen) atoms. The maximum absolute atomic E-state index is 8.65. The molecule has 0 radical (unpaired) electrons. The van der Waals surface area contributed by atoms with Gasteiger partial charge in [0.15, 0.2) is 6.19 Å². The molecule has 0 heterocycles. The molecule has 0 aliphatic heterocycles. The van der Waals surface area contributed by atoms with Crippen molar-refractivity contribution in [1.82, 2.24) is 4.90 Å². The summed E-state index contributed by atoms with van der Waals surface area (Å²) in [6.07, 6.45) is 3.26. The average Bonchev–Trinajstić information content (AvgIpc) is 2.29. The van der Waals surface area contributed by atoms with Crippen LogP contribution < -0.4 is 0 Å². The van der Waals surface area contributed by atoms with E-state index < -0.39 is 0 Å². The standard InChI is InChI=1S/C13H18N2/c1-4-11(2)13-7-5-12(6-8-13)9-15(3)10-14/h5-8,11H,4,9H2,1-3H3. The predicted octanol–water partition coefficient (Wildman–Crippen LogP) is 3.11. The van der Waals surface area contributed by atoms with Crippen LogP contribution in [0.3, 0.4) is 0 Å². The highest BCUT2D eigenvalue weighted by molar-refractivity contribution is 5.25. The molecule has 0 spiro atoms. The number of hydrogen-bond acceptors (Lipinski definition) is 2. The van der Waals surface area contributed by atoms with Crippen LogP contribution in [-0.4, -0.2) is 11.9 Å². The summed E-state index contributed by atoms with van der Waals surface area (Å²) in [6, 6.07) is 8.54. The number of rotatable bonds is 4. The van der Waals surface area contributed by atoms with Gasteiger partial charge in [0.05, 0.1) is 6.54 Å². The van der Waals surface area contributed by atoms with Crippen molar-refractivity contribution >= 4 is 0 Å². The molecule has 0 aliphatic carbocycles. The lowest BCUT2D eigenvalue weighted by molar-refractivity contribution is 0.469. The van der Waals surface area contributed by atoms with Crippen LogP contribution in [0.5, 0.6) is 0 Å². The highest BCUT2D eigenvalue weighted by atomic mass is 15.1. The molecule has 0 N–H and O–H groups in total. The van der Waals surface area contributed by atoms with E-state index in [1.807, 2.05) is 0 Å². The van der Waals surface area contributed by atoms with Gasteiger partial charge in [0.1, 0.15) is 0 Å². The normalized spacial score (nSPS) is 11.9. The maximum Gasteiger partial charge on any atom is 0.179 e. The van der Waals surface area contributed by atoms with Crippen molar-refractivity contribution in [2.75, 3.05) is 7.05 Å². The lowest BCUT2D eigenvalue weighted by Gasteiger charge is -2.11. The minimum atomic E-state index is 0.618. The molecule has 80 valence electrons. The molecule has 0 amide bonds. The lowest BCUT2D eigenvalue weighted by Crippen LogP contribution is -2.10. The third kappa shape index (κ3) is 3.28. The van der Waals surface area contributed by atoms with E-state index in [1.54, 1.807) is 11.9 Å². The minimum Gasteiger partial charge on any atom is -0.309 e. The monoisotopic (exact) mass is 202 g/mol. The first-order valence-corrected chi connectivity index (χ1v) is 5.37. The van der Waals surface area contributed by atoms with Gasteiger partial charge in [0.2, 0.25) is 0 Å². The molecule has 0 aromatic heterocycles. The molecule has 1 aromatic rings. The molecule has 0 aliphatic rings. The van der Waals surface area contributed by atoms with Gasteiger partial charge in [-0.2, -0.15) is 5.26 Å². The number of hydrogen-bond donors (Lipinski definition) is 0. The Bertz CT molecular complexity index is 335. The summed E-state index contributed by atoms with van der Waals surface area (Å²) < 4.78 is 0. The second kappa shape index (κ2) is 5.41. The fourth-order valence-electron chi connectivity index (χ4n) is 1.50. The van der Waals surface area contributed by atoms with Gasteiger partial charge >= 0.3 is 0 Å². The lowest BCUT2D eigenvalue weighted by atomic mass is 9.98. The van der Waals surface area contributed by atoms with E-state index in [2.05, 4.69) is 44.3 Å². The van der Waals surface area contributed by atoms with Crippen LogP contribution in [0.4, 0.5) is 0 Å². The van der Waals surface area contributed by atoms with Crippen LogP contribution in [0.1, 0.15) is 37.3 Å². The van der Waals surface area contributed by atoms with Gasteiger partial charge in [-0.25, -0.2) is 0 Å². The summed E-state index contributed by atoms with van der Waals surface area (Å²) in [5.74, 6) is 0.618. The van der Waals surface area contributed by atoms with Crippen molar-refractivity contribution in [2.24, 2.45) is 0 Å². The Morgan fingerprint density at radius 2 is 1.93 bits per heavy atom. The van der Waals surface area contributed by atoms with Gasteiger partial charge in [-0.1, -0.05) is 38.1 Å². The Labute approximate surface area is 92.1 Å². The number of nitrogens with zero attached hydrogens (tertiary/aromatic N) is 2. The van der Waals surface area contributed by atoms with Crippen molar-refractivity contribution in [3.8, 4) is 6.19 Å². The molecule has 0 saturated carbocycles. The highest BCUT2D eigenvalue weighted by Gasteiger charge is 2.03. The Morgan fingerprint density at radius 3 is 2.40 bits per heavy atom. The Morgan fingerprint density at radius 1 is 1.33 bits per heavy atom. The fourth-order valence-corrected chi connectivity index (χ4v) is 1.50. The van der Waals surface area contributed by atoms with Gasteiger partial charge in [-0.05, 0) is 23.5 Å². The number of nitriles is 1. The molecule has 0 bridgehead atoms. The van der Waals surface area contributed by atoms with Crippen molar-refractivity contribution < 1.29 is 0 Å². The largest absolute Gasteiger partial charge is 0.309 e. The predicted molar refractivity (Wildman–Crippen MR) is 62.2 cm³/mol. The van der Waals surface area contributed by atoms with Gasteiger partial charge < -0.3 is 4.90 Å². The molecule has 0 fully saturated rings. The molecule has 1 rings (SSSR count). The first kappa shape index (κ1) is 11.6. The van der Waals surface area contributed by atoms with E-state index in [4.69, 9.17) is 5.26 Å². The van der Waals surface area contributed by atoms with Crippen molar-refractivity contribution in [1.29, 1.82) is 5.26 Å². The van der Waals surface area contributed by atoms with Crippen LogP contribution in [0, 0.1) is 11.5 Å². The molecule has 2 nitrogen and oxygen atoms in total. The molecule has 0 saturated heterocycles. The minimum absolute atomic E-state index is 0.618. The van der Waals surface area contributed by atoms with Crippen LogP contribution in [0.15, 0.2) is 24.3 Å². The van der Waals surface area contributed by atoms with Crippen molar-refractivity contribution in [3.05, 3.63) is 35.4 Å². The summed E-state index contributed by atoms with van der Waals surface area (Å²) in [5.41, 5.74) is 2.56. The first-order chi connectivity index (χ1) is 7.17. The summed E-state index contributed by atoms with van der Waals surface area (Å²) in [7, 11) is 1.79. The molecule has 1 aromatic carbocycles. The van der Waals surface area contributed by atoms with Crippen molar-refractivity contribution in [2.45, 2.75) is 32.7 Å². The Kier molecular flexibility index (Phi) is 4.17. The van der Waals surface area contributed by atoms with E-state index in [-0.39, 0.29) is 0 Å². The van der Waals surface area contributed by atoms with Crippen LogP contribution in [-0.2, 0) is 6.54 Å².